The molecule has 2 aromatic rings. The maximum Gasteiger partial charge on any atom is 0.224 e. The van der Waals surface area contributed by atoms with Gasteiger partial charge in [0, 0.05) is 25.3 Å². The fourth-order valence-corrected chi connectivity index (χ4v) is 3.03. The van der Waals surface area contributed by atoms with E-state index in [1.54, 1.807) is 12.1 Å². The molecule has 2 aromatic carbocycles. The molecule has 1 N–H and O–H groups in total. The smallest absolute Gasteiger partial charge is 0.224 e. The van der Waals surface area contributed by atoms with E-state index in [1.165, 1.54) is 37.1 Å². The van der Waals surface area contributed by atoms with Gasteiger partial charge in [0.1, 0.15) is 5.82 Å². The Hall–Kier alpha value is -2.36. The fraction of sp³-hybridized carbons (Fsp3) is 0.350. The Morgan fingerprint density at radius 1 is 0.917 bits per heavy atom. The minimum Gasteiger partial charge on any atom is -0.372 e. The van der Waals surface area contributed by atoms with Crippen LogP contribution in [-0.4, -0.2) is 19.0 Å². The van der Waals surface area contributed by atoms with E-state index in [-0.39, 0.29) is 18.1 Å². The van der Waals surface area contributed by atoms with E-state index in [0.717, 1.165) is 24.2 Å². The first kappa shape index (κ1) is 16.5. The van der Waals surface area contributed by atoms with Gasteiger partial charge in [-0.1, -0.05) is 24.3 Å². The summed E-state index contributed by atoms with van der Waals surface area (Å²) in [7, 11) is 0. The minimum absolute atomic E-state index is 0.0540. The number of nitrogens with one attached hydrogen (secondary N) is 1. The van der Waals surface area contributed by atoms with E-state index in [2.05, 4.69) is 34.5 Å². The lowest BCUT2D eigenvalue weighted by molar-refractivity contribution is -0.120. The molecule has 0 aliphatic carbocycles. The third kappa shape index (κ3) is 4.57. The van der Waals surface area contributed by atoms with Gasteiger partial charge in [-0.25, -0.2) is 4.39 Å². The fourth-order valence-electron chi connectivity index (χ4n) is 3.03. The molecule has 1 aliphatic rings. The summed E-state index contributed by atoms with van der Waals surface area (Å²) in [5.74, 6) is -0.338. The maximum absolute atomic E-state index is 12.9. The van der Waals surface area contributed by atoms with Crippen LogP contribution in [-0.2, 0) is 17.8 Å². The first-order valence-corrected chi connectivity index (χ1v) is 8.56. The van der Waals surface area contributed by atoms with Gasteiger partial charge in [-0.2, -0.15) is 0 Å². The molecular weight excluding hydrogens is 303 g/mol. The molecule has 1 fully saturated rings. The van der Waals surface area contributed by atoms with Crippen LogP contribution in [0.1, 0.15) is 30.4 Å². The third-order valence-electron chi connectivity index (χ3n) is 4.43. The summed E-state index contributed by atoms with van der Waals surface area (Å²) in [4.78, 5) is 14.4. The Labute approximate surface area is 142 Å². The summed E-state index contributed by atoms with van der Waals surface area (Å²) in [6, 6.07) is 14.4. The van der Waals surface area contributed by atoms with E-state index in [0.29, 0.717) is 6.54 Å². The standard InChI is InChI=1S/C20H23FN2O/c21-18-8-4-16(5-9-18)14-20(24)22-15-17-6-10-19(11-7-17)23-12-2-1-3-13-23/h4-11H,1-3,12-15H2,(H,22,24). The zero-order valence-electron chi connectivity index (χ0n) is 13.8. The van der Waals surface area contributed by atoms with Crippen molar-refractivity contribution in [2.24, 2.45) is 0 Å². The van der Waals surface area contributed by atoms with Crippen LogP contribution in [0, 0.1) is 5.82 Å². The molecule has 0 atom stereocenters. The summed E-state index contributed by atoms with van der Waals surface area (Å²) in [6.45, 7) is 2.78. The van der Waals surface area contributed by atoms with Crippen LogP contribution in [0.25, 0.3) is 0 Å². The van der Waals surface area contributed by atoms with Gasteiger partial charge in [-0.05, 0) is 54.7 Å². The number of rotatable bonds is 5. The van der Waals surface area contributed by atoms with Crippen LogP contribution >= 0.6 is 0 Å². The molecule has 3 nitrogen and oxygen atoms in total. The number of benzene rings is 2. The van der Waals surface area contributed by atoms with Gasteiger partial charge in [0.05, 0.1) is 6.42 Å². The second-order valence-corrected chi connectivity index (χ2v) is 6.29. The van der Waals surface area contributed by atoms with Gasteiger partial charge < -0.3 is 10.2 Å². The van der Waals surface area contributed by atoms with Crippen molar-refractivity contribution in [3.63, 3.8) is 0 Å². The van der Waals surface area contributed by atoms with Gasteiger partial charge in [0.25, 0.3) is 0 Å². The van der Waals surface area contributed by atoms with Crippen LogP contribution in [0.15, 0.2) is 48.5 Å². The van der Waals surface area contributed by atoms with Gasteiger partial charge >= 0.3 is 0 Å². The summed E-state index contributed by atoms with van der Waals surface area (Å²) in [5, 5.41) is 2.91. The quantitative estimate of drug-likeness (QED) is 0.909. The number of halogens is 1. The van der Waals surface area contributed by atoms with Crippen LogP contribution in [0.5, 0.6) is 0 Å². The molecule has 0 unspecified atom stereocenters. The number of carbonyl (C=O) groups excluding carboxylic acids is 1. The normalized spacial score (nSPS) is 14.5. The average molecular weight is 326 g/mol. The number of carbonyl (C=O) groups is 1. The molecule has 126 valence electrons. The third-order valence-corrected chi connectivity index (χ3v) is 4.43. The second kappa shape index (κ2) is 7.95. The predicted octanol–water partition coefficient (Wildman–Crippen LogP) is 3.67. The van der Waals surface area contributed by atoms with Crippen molar-refractivity contribution in [3.8, 4) is 0 Å². The molecule has 1 saturated heterocycles. The van der Waals surface area contributed by atoms with E-state index in [4.69, 9.17) is 0 Å². The highest BCUT2D eigenvalue weighted by Crippen LogP contribution is 2.20. The van der Waals surface area contributed by atoms with Crippen molar-refractivity contribution >= 4 is 11.6 Å². The number of hydrogen-bond donors (Lipinski definition) is 1. The largest absolute Gasteiger partial charge is 0.372 e. The molecule has 24 heavy (non-hydrogen) atoms. The van der Waals surface area contributed by atoms with Crippen molar-refractivity contribution in [1.29, 1.82) is 0 Å². The first-order chi connectivity index (χ1) is 11.7. The number of nitrogens with zero attached hydrogens (tertiary/aromatic N) is 1. The molecule has 0 saturated carbocycles. The molecule has 0 spiro atoms. The molecular formula is C20H23FN2O. The van der Waals surface area contributed by atoms with Crippen LogP contribution in [0.2, 0.25) is 0 Å². The highest BCUT2D eigenvalue weighted by molar-refractivity contribution is 5.78. The molecule has 3 rings (SSSR count). The maximum atomic E-state index is 12.9. The molecule has 1 heterocycles. The van der Waals surface area contributed by atoms with E-state index >= 15 is 0 Å². The van der Waals surface area contributed by atoms with Gasteiger partial charge in [0.15, 0.2) is 0 Å². The number of piperidine rings is 1. The molecule has 1 aliphatic heterocycles. The predicted molar refractivity (Wildman–Crippen MR) is 94.5 cm³/mol. The van der Waals surface area contributed by atoms with Gasteiger partial charge in [-0.3, -0.25) is 4.79 Å². The Morgan fingerprint density at radius 2 is 1.54 bits per heavy atom. The molecule has 0 radical (unpaired) electrons. The van der Waals surface area contributed by atoms with Crippen LogP contribution in [0.4, 0.5) is 10.1 Å². The van der Waals surface area contributed by atoms with Crippen molar-refractivity contribution in [3.05, 3.63) is 65.5 Å². The summed E-state index contributed by atoms with van der Waals surface area (Å²) in [5.41, 5.74) is 3.16. The lowest BCUT2D eigenvalue weighted by Gasteiger charge is -2.28. The van der Waals surface area contributed by atoms with Crippen molar-refractivity contribution in [1.82, 2.24) is 5.32 Å². The van der Waals surface area contributed by atoms with Crippen molar-refractivity contribution in [2.75, 3.05) is 18.0 Å². The monoisotopic (exact) mass is 326 g/mol. The van der Waals surface area contributed by atoms with Crippen molar-refractivity contribution < 1.29 is 9.18 Å². The molecule has 4 heteroatoms. The zero-order valence-corrected chi connectivity index (χ0v) is 13.8. The summed E-state index contributed by atoms with van der Waals surface area (Å²) >= 11 is 0. The number of amides is 1. The Morgan fingerprint density at radius 3 is 2.21 bits per heavy atom. The van der Waals surface area contributed by atoms with Crippen LogP contribution in [0.3, 0.4) is 0 Å². The highest BCUT2D eigenvalue weighted by atomic mass is 19.1. The van der Waals surface area contributed by atoms with E-state index < -0.39 is 0 Å². The summed E-state index contributed by atoms with van der Waals surface area (Å²) in [6.07, 6.45) is 4.13. The lowest BCUT2D eigenvalue weighted by Crippen LogP contribution is -2.29. The lowest BCUT2D eigenvalue weighted by atomic mass is 10.1. The van der Waals surface area contributed by atoms with E-state index in [9.17, 15) is 9.18 Å². The van der Waals surface area contributed by atoms with Gasteiger partial charge in [0.2, 0.25) is 5.91 Å². The average Bonchev–Trinajstić information content (AvgIpc) is 2.63. The minimum atomic E-state index is -0.284. The SMILES string of the molecule is O=C(Cc1ccc(F)cc1)NCc1ccc(N2CCCCC2)cc1. The number of anilines is 1. The summed E-state index contributed by atoms with van der Waals surface area (Å²) < 4.78 is 12.9. The molecule has 0 aromatic heterocycles. The van der Waals surface area contributed by atoms with Gasteiger partial charge in [-0.15, -0.1) is 0 Å². The highest BCUT2D eigenvalue weighted by Gasteiger charge is 2.10. The Balaban J connectivity index is 1.49. The second-order valence-electron chi connectivity index (χ2n) is 6.29. The van der Waals surface area contributed by atoms with Crippen molar-refractivity contribution in [2.45, 2.75) is 32.2 Å². The zero-order chi connectivity index (χ0) is 16.8. The topological polar surface area (TPSA) is 32.3 Å². The molecule has 1 amide bonds. The number of hydrogen-bond acceptors (Lipinski definition) is 2. The Kier molecular flexibility index (Phi) is 5.47. The molecule has 0 bridgehead atoms. The van der Waals surface area contributed by atoms with Crippen LogP contribution < -0.4 is 10.2 Å². The van der Waals surface area contributed by atoms with E-state index in [1.807, 2.05) is 0 Å². The Bertz CT molecular complexity index is 661. The first-order valence-electron chi connectivity index (χ1n) is 8.56.